The number of anilines is 1. The second kappa shape index (κ2) is 7.25. The van der Waals surface area contributed by atoms with E-state index in [0.29, 0.717) is 24.1 Å². The predicted molar refractivity (Wildman–Crippen MR) is 113 cm³/mol. The molecule has 6 heteroatoms. The normalized spacial score (nSPS) is 28.3. The van der Waals surface area contributed by atoms with Crippen molar-refractivity contribution in [2.75, 3.05) is 11.9 Å². The first-order chi connectivity index (χ1) is 13.3. The summed E-state index contributed by atoms with van der Waals surface area (Å²) in [5.41, 5.74) is 7.68. The summed E-state index contributed by atoms with van der Waals surface area (Å²) in [6.45, 7) is 6.62. The van der Waals surface area contributed by atoms with Gasteiger partial charge in [0.25, 0.3) is 0 Å². The third-order valence-electron chi connectivity index (χ3n) is 6.67. The van der Waals surface area contributed by atoms with Gasteiger partial charge in [-0.1, -0.05) is 44.2 Å². The third kappa shape index (κ3) is 3.17. The van der Waals surface area contributed by atoms with Crippen LogP contribution in [0.1, 0.15) is 55.7 Å². The fourth-order valence-corrected chi connectivity index (χ4v) is 5.55. The standard InChI is InChI=1S/C22H29N3O2S/c1-4-27-18-13-22(23,21(18,2)3)19(26)25-20-24-16-11-10-15(12-17(16)28-20)14-8-6-5-7-9-14/h5-9,15,18H,4,10-13,23H2,1-3H3,(H,24,25,26). The zero-order valence-corrected chi connectivity index (χ0v) is 17.6. The summed E-state index contributed by atoms with van der Waals surface area (Å²) in [6.07, 6.45) is 3.59. The Hall–Kier alpha value is -1.76. The molecule has 0 saturated heterocycles. The Morgan fingerprint density at radius 2 is 2.11 bits per heavy atom. The molecule has 1 heterocycles. The van der Waals surface area contributed by atoms with Gasteiger partial charge in [0.2, 0.25) is 5.91 Å². The number of hydrogen-bond acceptors (Lipinski definition) is 5. The number of nitrogens with one attached hydrogen (secondary N) is 1. The zero-order valence-electron chi connectivity index (χ0n) is 16.8. The van der Waals surface area contributed by atoms with Crippen LogP contribution in [0.25, 0.3) is 0 Å². The van der Waals surface area contributed by atoms with Crippen LogP contribution >= 0.6 is 11.3 Å². The maximum absolute atomic E-state index is 13.0. The maximum Gasteiger partial charge on any atom is 0.246 e. The van der Waals surface area contributed by atoms with Crippen LogP contribution in [0.3, 0.4) is 0 Å². The molecule has 2 aromatic rings. The lowest BCUT2D eigenvalue weighted by Crippen LogP contribution is -2.74. The Bertz CT molecular complexity index is 864. The molecule has 150 valence electrons. The smallest absolute Gasteiger partial charge is 0.246 e. The fraction of sp³-hybridized carbons (Fsp3) is 0.545. The van der Waals surface area contributed by atoms with E-state index in [-0.39, 0.29) is 12.0 Å². The van der Waals surface area contributed by atoms with Crippen molar-refractivity contribution in [2.45, 2.75) is 64.0 Å². The van der Waals surface area contributed by atoms with Crippen LogP contribution < -0.4 is 11.1 Å². The van der Waals surface area contributed by atoms with Crippen LogP contribution in [0.5, 0.6) is 0 Å². The largest absolute Gasteiger partial charge is 0.378 e. The highest BCUT2D eigenvalue weighted by Gasteiger charge is 2.63. The molecule has 1 fully saturated rings. The first-order valence-electron chi connectivity index (χ1n) is 10.1. The van der Waals surface area contributed by atoms with E-state index in [2.05, 4.69) is 35.6 Å². The molecule has 3 unspecified atom stereocenters. The number of carbonyl (C=O) groups excluding carboxylic acids is 1. The second-order valence-corrected chi connectivity index (χ2v) is 9.62. The number of fused-ring (bicyclic) bond motifs is 1. The molecule has 5 nitrogen and oxygen atoms in total. The van der Waals surface area contributed by atoms with Crippen molar-refractivity contribution in [3.8, 4) is 0 Å². The van der Waals surface area contributed by atoms with Gasteiger partial charge in [-0.3, -0.25) is 4.79 Å². The highest BCUT2D eigenvalue weighted by atomic mass is 32.1. The number of benzene rings is 1. The van der Waals surface area contributed by atoms with Crippen molar-refractivity contribution < 1.29 is 9.53 Å². The van der Waals surface area contributed by atoms with Crippen LogP contribution in [0.15, 0.2) is 30.3 Å². The van der Waals surface area contributed by atoms with E-state index in [0.717, 1.165) is 25.0 Å². The van der Waals surface area contributed by atoms with Crippen molar-refractivity contribution in [3.05, 3.63) is 46.5 Å². The Labute approximate surface area is 170 Å². The van der Waals surface area contributed by atoms with Crippen molar-refractivity contribution in [1.82, 2.24) is 4.98 Å². The molecule has 3 N–H and O–H groups in total. The van der Waals surface area contributed by atoms with Gasteiger partial charge in [0, 0.05) is 23.3 Å². The molecule has 4 rings (SSSR count). The first kappa shape index (κ1) is 19.6. The van der Waals surface area contributed by atoms with E-state index < -0.39 is 11.0 Å². The van der Waals surface area contributed by atoms with Gasteiger partial charge in [-0.2, -0.15) is 0 Å². The minimum atomic E-state index is -0.925. The topological polar surface area (TPSA) is 77.2 Å². The summed E-state index contributed by atoms with van der Waals surface area (Å²) >= 11 is 1.59. The van der Waals surface area contributed by atoms with E-state index in [1.165, 1.54) is 10.4 Å². The summed E-state index contributed by atoms with van der Waals surface area (Å²) in [7, 11) is 0. The van der Waals surface area contributed by atoms with E-state index in [4.69, 9.17) is 15.5 Å². The predicted octanol–water partition coefficient (Wildman–Crippen LogP) is 3.89. The van der Waals surface area contributed by atoms with E-state index in [9.17, 15) is 4.79 Å². The molecule has 28 heavy (non-hydrogen) atoms. The summed E-state index contributed by atoms with van der Waals surface area (Å²) in [5.74, 6) is 0.371. The molecular formula is C22H29N3O2S. The van der Waals surface area contributed by atoms with Gasteiger partial charge >= 0.3 is 0 Å². The number of nitrogens with zero attached hydrogens (tertiary/aromatic N) is 1. The number of aryl methyl sites for hydroxylation is 1. The molecule has 0 radical (unpaired) electrons. The Morgan fingerprint density at radius 3 is 2.79 bits per heavy atom. The van der Waals surface area contributed by atoms with Gasteiger partial charge in [0.15, 0.2) is 5.13 Å². The first-order valence-corrected chi connectivity index (χ1v) is 10.9. The molecule has 3 atom stereocenters. The number of aromatic nitrogens is 1. The quantitative estimate of drug-likeness (QED) is 0.800. The van der Waals surface area contributed by atoms with Gasteiger partial charge in [-0.15, -0.1) is 11.3 Å². The molecule has 0 spiro atoms. The third-order valence-corrected chi connectivity index (χ3v) is 7.70. The summed E-state index contributed by atoms with van der Waals surface area (Å²) in [4.78, 5) is 18.9. The second-order valence-electron chi connectivity index (χ2n) is 8.53. The lowest BCUT2D eigenvalue weighted by atomic mass is 9.54. The van der Waals surface area contributed by atoms with Crippen LogP contribution in [0, 0.1) is 5.41 Å². The van der Waals surface area contributed by atoms with E-state index >= 15 is 0 Å². The number of amides is 1. The molecule has 2 aliphatic carbocycles. The molecule has 0 bridgehead atoms. The highest BCUT2D eigenvalue weighted by Crippen LogP contribution is 2.50. The zero-order chi connectivity index (χ0) is 19.9. The van der Waals surface area contributed by atoms with Crippen molar-refractivity contribution in [2.24, 2.45) is 11.1 Å². The maximum atomic E-state index is 13.0. The Morgan fingerprint density at radius 1 is 1.36 bits per heavy atom. The number of carbonyl (C=O) groups is 1. The summed E-state index contributed by atoms with van der Waals surface area (Å²) in [6, 6.07) is 10.6. The molecule has 1 aromatic heterocycles. The fourth-order valence-electron chi connectivity index (χ4n) is 4.47. The van der Waals surface area contributed by atoms with Crippen molar-refractivity contribution >= 4 is 22.4 Å². The number of hydrogen-bond donors (Lipinski definition) is 2. The summed E-state index contributed by atoms with van der Waals surface area (Å²) < 4.78 is 5.74. The molecule has 1 amide bonds. The van der Waals surface area contributed by atoms with Gasteiger partial charge in [-0.05, 0) is 37.7 Å². The van der Waals surface area contributed by atoms with E-state index in [1.54, 1.807) is 11.3 Å². The SMILES string of the molecule is CCOC1CC(N)(C(=O)Nc2nc3c(s2)CC(c2ccccc2)CC3)C1(C)C. The van der Waals surface area contributed by atoms with Crippen molar-refractivity contribution in [3.63, 3.8) is 0 Å². The number of nitrogens with two attached hydrogens (primary N) is 1. The van der Waals surface area contributed by atoms with Crippen LogP contribution in [-0.4, -0.2) is 29.1 Å². The lowest BCUT2D eigenvalue weighted by molar-refractivity contribution is -0.166. The monoisotopic (exact) mass is 399 g/mol. The molecular weight excluding hydrogens is 370 g/mol. The van der Waals surface area contributed by atoms with Crippen LogP contribution in [0.4, 0.5) is 5.13 Å². The number of rotatable bonds is 5. The molecule has 1 saturated carbocycles. The van der Waals surface area contributed by atoms with E-state index in [1.807, 2.05) is 20.8 Å². The average Bonchev–Trinajstić information content (AvgIpc) is 3.09. The van der Waals surface area contributed by atoms with Gasteiger partial charge in [0.1, 0.15) is 5.54 Å². The minimum Gasteiger partial charge on any atom is -0.378 e. The summed E-state index contributed by atoms with van der Waals surface area (Å²) in [5, 5.41) is 3.67. The highest BCUT2D eigenvalue weighted by molar-refractivity contribution is 7.15. The lowest BCUT2D eigenvalue weighted by Gasteiger charge is -2.57. The molecule has 1 aromatic carbocycles. The van der Waals surface area contributed by atoms with Crippen molar-refractivity contribution in [1.29, 1.82) is 0 Å². The Kier molecular flexibility index (Phi) is 5.06. The minimum absolute atomic E-state index is 0.0179. The van der Waals surface area contributed by atoms with Gasteiger partial charge < -0.3 is 15.8 Å². The molecule has 0 aliphatic heterocycles. The van der Waals surface area contributed by atoms with Gasteiger partial charge in [-0.25, -0.2) is 4.98 Å². The van der Waals surface area contributed by atoms with Gasteiger partial charge in [0.05, 0.1) is 11.8 Å². The number of thiazole rings is 1. The van der Waals surface area contributed by atoms with Crippen LogP contribution in [-0.2, 0) is 22.4 Å². The number of ether oxygens (including phenoxy) is 1. The Balaban J connectivity index is 1.45. The van der Waals surface area contributed by atoms with Crippen LogP contribution in [0.2, 0.25) is 0 Å². The molecule has 2 aliphatic rings. The average molecular weight is 400 g/mol.